The molecule has 0 bridgehead atoms. The van der Waals surface area contributed by atoms with Gasteiger partial charge in [0.25, 0.3) is 0 Å². The summed E-state index contributed by atoms with van der Waals surface area (Å²) in [5.74, 6) is 0. The summed E-state index contributed by atoms with van der Waals surface area (Å²) in [6.07, 6.45) is 0.849. The minimum Gasteiger partial charge on any atom is -0.395 e. The van der Waals surface area contributed by atoms with Crippen molar-refractivity contribution < 1.29 is 23.5 Å². The summed E-state index contributed by atoms with van der Waals surface area (Å²) in [6, 6.07) is 0.726. The Bertz CT molecular complexity index is 166. The second-order valence-electron chi connectivity index (χ2n) is 3.69. The highest BCUT2D eigenvalue weighted by Crippen LogP contribution is 2.15. The van der Waals surface area contributed by atoms with Crippen LogP contribution in [0.3, 0.4) is 0 Å². The van der Waals surface area contributed by atoms with Crippen LogP contribution in [-0.2, 0) is 13.3 Å². The van der Waals surface area contributed by atoms with Crippen molar-refractivity contribution in [2.45, 2.75) is 12.5 Å². The molecule has 104 valence electrons. The van der Waals surface area contributed by atoms with Gasteiger partial charge in [-0.2, -0.15) is 0 Å². The number of aliphatic hydroxyl groups is 2. The van der Waals surface area contributed by atoms with Crippen LogP contribution in [0, 0.1) is 0 Å². The first-order chi connectivity index (χ1) is 8.17. The quantitative estimate of drug-likeness (QED) is 0.494. The molecule has 0 aromatic carbocycles. The molecule has 0 radical (unpaired) electrons. The summed E-state index contributed by atoms with van der Waals surface area (Å²) in [5.41, 5.74) is 0. The molecule has 0 amide bonds. The standard InChI is InChI=1S/C10H25NO5Si/c1-14-17(15-2,16-3)10-4-5-11(6-8-12)7-9-13/h12-13H,4-10H2,1-3H3. The molecule has 0 saturated carbocycles. The Morgan fingerprint density at radius 1 is 0.882 bits per heavy atom. The zero-order chi connectivity index (χ0) is 13.1. The lowest BCUT2D eigenvalue weighted by molar-refractivity contribution is 0.119. The van der Waals surface area contributed by atoms with E-state index in [2.05, 4.69) is 0 Å². The maximum Gasteiger partial charge on any atom is 0.500 e. The van der Waals surface area contributed by atoms with Gasteiger partial charge in [0.05, 0.1) is 13.2 Å². The van der Waals surface area contributed by atoms with Crippen molar-refractivity contribution in [3.8, 4) is 0 Å². The van der Waals surface area contributed by atoms with E-state index in [1.807, 2.05) is 4.90 Å². The summed E-state index contributed by atoms with van der Waals surface area (Å²) >= 11 is 0. The fourth-order valence-corrected chi connectivity index (χ4v) is 3.40. The van der Waals surface area contributed by atoms with E-state index in [9.17, 15) is 0 Å². The third kappa shape index (κ3) is 6.46. The van der Waals surface area contributed by atoms with Gasteiger partial charge in [-0.25, -0.2) is 0 Å². The molecule has 2 N–H and O–H groups in total. The van der Waals surface area contributed by atoms with E-state index in [0.717, 1.165) is 19.0 Å². The predicted molar refractivity (Wildman–Crippen MR) is 66.8 cm³/mol. The van der Waals surface area contributed by atoms with Crippen molar-refractivity contribution in [1.82, 2.24) is 4.90 Å². The lowest BCUT2D eigenvalue weighted by Gasteiger charge is -2.26. The highest BCUT2D eigenvalue weighted by molar-refractivity contribution is 6.60. The first-order valence-corrected chi connectivity index (χ1v) is 7.70. The second kappa shape index (κ2) is 9.95. The van der Waals surface area contributed by atoms with Crippen LogP contribution in [0.2, 0.25) is 6.04 Å². The van der Waals surface area contributed by atoms with E-state index in [4.69, 9.17) is 23.5 Å². The Kier molecular flexibility index (Phi) is 9.94. The average molecular weight is 267 g/mol. The minimum atomic E-state index is -2.48. The number of hydrogen-bond donors (Lipinski definition) is 2. The molecule has 0 aliphatic rings. The normalized spacial score (nSPS) is 12.4. The van der Waals surface area contributed by atoms with E-state index in [-0.39, 0.29) is 13.2 Å². The van der Waals surface area contributed by atoms with E-state index in [1.54, 1.807) is 21.3 Å². The van der Waals surface area contributed by atoms with Gasteiger partial charge in [0, 0.05) is 40.5 Å². The van der Waals surface area contributed by atoms with Gasteiger partial charge in [-0.1, -0.05) is 0 Å². The van der Waals surface area contributed by atoms with E-state index in [0.29, 0.717) is 13.1 Å². The summed E-state index contributed by atoms with van der Waals surface area (Å²) in [6.45, 7) is 2.12. The lowest BCUT2D eigenvalue weighted by Crippen LogP contribution is -2.43. The molecule has 0 saturated heterocycles. The van der Waals surface area contributed by atoms with Crippen molar-refractivity contribution in [2.75, 3.05) is 54.2 Å². The summed E-state index contributed by atoms with van der Waals surface area (Å²) in [5, 5.41) is 17.7. The fourth-order valence-electron chi connectivity index (χ4n) is 1.69. The van der Waals surface area contributed by atoms with Crippen LogP contribution in [0.4, 0.5) is 0 Å². The molecule has 17 heavy (non-hydrogen) atoms. The van der Waals surface area contributed by atoms with Crippen LogP contribution in [-0.4, -0.2) is 78.1 Å². The molecular weight excluding hydrogens is 242 g/mol. The number of rotatable bonds is 11. The Balaban J connectivity index is 3.99. The summed E-state index contributed by atoms with van der Waals surface area (Å²) < 4.78 is 15.9. The zero-order valence-corrected chi connectivity index (χ0v) is 12.0. The SMILES string of the molecule is CO[Si](CCCN(CCO)CCO)(OC)OC. The van der Waals surface area contributed by atoms with Gasteiger partial charge in [0.15, 0.2) is 0 Å². The van der Waals surface area contributed by atoms with Crippen molar-refractivity contribution in [1.29, 1.82) is 0 Å². The maximum atomic E-state index is 8.87. The van der Waals surface area contributed by atoms with Crippen LogP contribution < -0.4 is 0 Å². The van der Waals surface area contributed by atoms with Crippen LogP contribution in [0.25, 0.3) is 0 Å². The van der Waals surface area contributed by atoms with Crippen molar-refractivity contribution in [3.05, 3.63) is 0 Å². The highest BCUT2D eigenvalue weighted by atomic mass is 28.4. The molecule has 0 aliphatic carbocycles. The molecule has 0 rings (SSSR count). The summed E-state index contributed by atoms with van der Waals surface area (Å²) in [4.78, 5) is 2.00. The monoisotopic (exact) mass is 267 g/mol. The fraction of sp³-hybridized carbons (Fsp3) is 1.00. The van der Waals surface area contributed by atoms with Gasteiger partial charge < -0.3 is 23.5 Å². The van der Waals surface area contributed by atoms with Crippen molar-refractivity contribution in [2.24, 2.45) is 0 Å². The third-order valence-corrected chi connectivity index (χ3v) is 5.55. The molecule has 0 aliphatic heterocycles. The molecule has 0 fully saturated rings. The highest BCUT2D eigenvalue weighted by Gasteiger charge is 2.36. The number of nitrogens with zero attached hydrogens (tertiary/aromatic N) is 1. The molecule has 0 aromatic rings. The average Bonchev–Trinajstić information content (AvgIpc) is 2.36. The number of hydrogen-bond acceptors (Lipinski definition) is 6. The van der Waals surface area contributed by atoms with Crippen molar-refractivity contribution >= 4 is 8.80 Å². The predicted octanol–water partition coefficient (Wildman–Crippen LogP) is -0.459. The van der Waals surface area contributed by atoms with Crippen molar-refractivity contribution in [3.63, 3.8) is 0 Å². The smallest absolute Gasteiger partial charge is 0.395 e. The van der Waals surface area contributed by atoms with Gasteiger partial charge in [-0.15, -0.1) is 0 Å². The van der Waals surface area contributed by atoms with Gasteiger partial charge in [-0.05, 0) is 13.0 Å². The van der Waals surface area contributed by atoms with Crippen LogP contribution in [0.5, 0.6) is 0 Å². The molecule has 0 heterocycles. The van der Waals surface area contributed by atoms with Crippen LogP contribution in [0.15, 0.2) is 0 Å². The first kappa shape index (κ1) is 17.0. The second-order valence-corrected chi connectivity index (χ2v) is 6.78. The molecule has 0 spiro atoms. The van der Waals surface area contributed by atoms with Gasteiger partial charge >= 0.3 is 8.80 Å². The molecular formula is C10H25NO5Si. The molecule has 0 atom stereocenters. The first-order valence-electron chi connectivity index (χ1n) is 5.77. The van der Waals surface area contributed by atoms with E-state index < -0.39 is 8.80 Å². The van der Waals surface area contributed by atoms with Crippen LogP contribution in [0.1, 0.15) is 6.42 Å². The lowest BCUT2D eigenvalue weighted by atomic mass is 10.4. The largest absolute Gasteiger partial charge is 0.500 e. The Morgan fingerprint density at radius 3 is 1.71 bits per heavy atom. The van der Waals surface area contributed by atoms with Gasteiger partial charge in [0.1, 0.15) is 0 Å². The Labute approximate surface area is 104 Å². The van der Waals surface area contributed by atoms with Crippen LogP contribution >= 0.6 is 0 Å². The molecule has 0 aromatic heterocycles. The Hall–Kier alpha value is -0.0231. The minimum absolute atomic E-state index is 0.0986. The van der Waals surface area contributed by atoms with Gasteiger partial charge in [0.2, 0.25) is 0 Å². The molecule has 0 unspecified atom stereocenters. The summed E-state index contributed by atoms with van der Waals surface area (Å²) in [7, 11) is 2.31. The van der Waals surface area contributed by atoms with Gasteiger partial charge in [-0.3, -0.25) is 4.90 Å². The maximum absolute atomic E-state index is 8.87. The topological polar surface area (TPSA) is 71.4 Å². The van der Waals surface area contributed by atoms with E-state index >= 15 is 0 Å². The number of aliphatic hydroxyl groups excluding tert-OH is 2. The zero-order valence-electron chi connectivity index (χ0n) is 11.0. The molecule has 6 nitrogen and oxygen atoms in total. The van der Waals surface area contributed by atoms with E-state index in [1.165, 1.54) is 0 Å². The Morgan fingerprint density at radius 2 is 1.35 bits per heavy atom. The third-order valence-electron chi connectivity index (χ3n) is 2.72. The molecule has 7 heteroatoms.